The Morgan fingerprint density at radius 3 is 3.06 bits per heavy atom. The molecule has 0 atom stereocenters. The second-order valence-electron chi connectivity index (χ2n) is 4.32. The van der Waals surface area contributed by atoms with E-state index in [1.807, 2.05) is 24.1 Å². The highest BCUT2D eigenvalue weighted by molar-refractivity contribution is 5.81. The van der Waals surface area contributed by atoms with Gasteiger partial charge in [0.1, 0.15) is 5.82 Å². The number of rotatable bonds is 2. The van der Waals surface area contributed by atoms with Crippen molar-refractivity contribution in [1.29, 1.82) is 0 Å². The maximum absolute atomic E-state index is 11.8. The van der Waals surface area contributed by atoms with Crippen LogP contribution in [0.25, 0.3) is 0 Å². The van der Waals surface area contributed by atoms with Crippen molar-refractivity contribution < 1.29 is 4.79 Å². The first-order valence-electron chi connectivity index (χ1n) is 5.84. The van der Waals surface area contributed by atoms with Crippen molar-refractivity contribution in [2.24, 2.45) is 5.73 Å². The van der Waals surface area contributed by atoms with Gasteiger partial charge in [-0.2, -0.15) is 0 Å². The van der Waals surface area contributed by atoms with E-state index in [0.717, 1.165) is 30.9 Å². The first-order valence-corrected chi connectivity index (χ1v) is 5.84. The fourth-order valence-corrected chi connectivity index (χ4v) is 1.94. The molecule has 1 fully saturated rings. The molecule has 5 nitrogen and oxygen atoms in total. The van der Waals surface area contributed by atoms with Gasteiger partial charge < -0.3 is 15.5 Å². The van der Waals surface area contributed by atoms with E-state index in [4.69, 9.17) is 5.73 Å². The lowest BCUT2D eigenvalue weighted by molar-refractivity contribution is -0.127. The van der Waals surface area contributed by atoms with E-state index in [1.54, 1.807) is 11.1 Å². The molecule has 1 saturated heterocycles. The van der Waals surface area contributed by atoms with E-state index in [2.05, 4.69) is 4.98 Å². The van der Waals surface area contributed by atoms with Gasteiger partial charge in [0.15, 0.2) is 0 Å². The average Bonchev–Trinajstić information content (AvgIpc) is 2.52. The van der Waals surface area contributed by atoms with Gasteiger partial charge in [-0.05, 0) is 24.1 Å². The zero-order chi connectivity index (χ0) is 12.3. The number of aromatic nitrogens is 1. The molecule has 0 spiro atoms. The van der Waals surface area contributed by atoms with Crippen molar-refractivity contribution in [2.75, 3.05) is 31.6 Å². The van der Waals surface area contributed by atoms with Crippen LogP contribution in [0.4, 0.5) is 5.82 Å². The van der Waals surface area contributed by atoms with E-state index in [0.29, 0.717) is 13.1 Å². The summed E-state index contributed by atoms with van der Waals surface area (Å²) in [5.74, 6) is 0.985. The normalized spacial score (nSPS) is 17.2. The number of hydrogen-bond donors (Lipinski definition) is 1. The number of nitrogens with zero attached hydrogens (tertiary/aromatic N) is 3. The zero-order valence-corrected chi connectivity index (χ0v) is 10.1. The Morgan fingerprint density at radius 1 is 1.47 bits per heavy atom. The van der Waals surface area contributed by atoms with Crippen LogP contribution >= 0.6 is 0 Å². The van der Waals surface area contributed by atoms with E-state index in [9.17, 15) is 4.79 Å². The van der Waals surface area contributed by atoms with Gasteiger partial charge in [-0.15, -0.1) is 0 Å². The van der Waals surface area contributed by atoms with Crippen LogP contribution in [0.3, 0.4) is 0 Å². The van der Waals surface area contributed by atoms with Crippen LogP contribution in [0, 0.1) is 0 Å². The smallest absolute Gasteiger partial charge is 0.241 e. The number of hydrogen-bond acceptors (Lipinski definition) is 4. The molecule has 1 aliphatic rings. The molecule has 17 heavy (non-hydrogen) atoms. The molecule has 1 aromatic rings. The first kappa shape index (κ1) is 11.9. The first-order chi connectivity index (χ1) is 8.20. The van der Waals surface area contributed by atoms with Gasteiger partial charge in [0.25, 0.3) is 0 Å². The summed E-state index contributed by atoms with van der Waals surface area (Å²) in [6.07, 6.45) is 2.72. The lowest BCUT2D eigenvalue weighted by atomic mass is 10.2. The van der Waals surface area contributed by atoms with Crippen molar-refractivity contribution in [3.63, 3.8) is 0 Å². The molecular formula is C12H18N4O. The number of carbonyl (C=O) groups excluding carboxylic acids is 1. The van der Waals surface area contributed by atoms with Crippen LogP contribution in [0.15, 0.2) is 18.3 Å². The van der Waals surface area contributed by atoms with Crippen LogP contribution in [0.5, 0.6) is 0 Å². The third-order valence-electron chi connectivity index (χ3n) is 3.04. The zero-order valence-electron chi connectivity index (χ0n) is 10.1. The highest BCUT2D eigenvalue weighted by atomic mass is 16.2. The topological polar surface area (TPSA) is 62.5 Å². The SMILES string of the molecule is CN1CCCN(c2cc(CN)ccn2)CC1=O. The summed E-state index contributed by atoms with van der Waals surface area (Å²) >= 11 is 0. The molecule has 0 radical (unpaired) electrons. The van der Waals surface area contributed by atoms with Gasteiger partial charge in [0.2, 0.25) is 5.91 Å². The number of carbonyl (C=O) groups is 1. The van der Waals surface area contributed by atoms with Crippen molar-refractivity contribution >= 4 is 11.7 Å². The molecular weight excluding hydrogens is 216 g/mol. The molecule has 1 aliphatic heterocycles. The minimum Gasteiger partial charge on any atom is -0.347 e. The number of amides is 1. The highest BCUT2D eigenvalue weighted by Crippen LogP contribution is 2.15. The monoisotopic (exact) mass is 234 g/mol. The number of nitrogens with two attached hydrogens (primary N) is 1. The van der Waals surface area contributed by atoms with E-state index >= 15 is 0 Å². The Balaban J connectivity index is 2.17. The highest BCUT2D eigenvalue weighted by Gasteiger charge is 2.19. The molecule has 5 heteroatoms. The van der Waals surface area contributed by atoms with Crippen molar-refractivity contribution in [2.45, 2.75) is 13.0 Å². The van der Waals surface area contributed by atoms with Gasteiger partial charge in [0.05, 0.1) is 6.54 Å². The molecule has 0 aromatic carbocycles. The number of anilines is 1. The molecule has 1 amide bonds. The summed E-state index contributed by atoms with van der Waals surface area (Å²) < 4.78 is 0. The number of likely N-dealkylation sites (N-methyl/N-ethyl adjacent to an activating group) is 1. The average molecular weight is 234 g/mol. The van der Waals surface area contributed by atoms with E-state index in [1.165, 1.54) is 0 Å². The number of pyridine rings is 1. The predicted molar refractivity (Wildman–Crippen MR) is 66.6 cm³/mol. The summed E-state index contributed by atoms with van der Waals surface area (Å²) in [5.41, 5.74) is 6.65. The summed E-state index contributed by atoms with van der Waals surface area (Å²) in [5, 5.41) is 0. The minimum absolute atomic E-state index is 0.141. The summed E-state index contributed by atoms with van der Waals surface area (Å²) in [4.78, 5) is 19.9. The predicted octanol–water partition coefficient (Wildman–Crippen LogP) is 0.209. The molecule has 2 heterocycles. The standard InChI is InChI=1S/C12H18N4O/c1-15-5-2-6-16(9-12(15)17)11-7-10(8-13)3-4-14-11/h3-4,7H,2,5-6,8-9,13H2,1H3. The quantitative estimate of drug-likeness (QED) is 0.794. The Kier molecular flexibility index (Phi) is 3.58. The second-order valence-corrected chi connectivity index (χ2v) is 4.32. The molecule has 92 valence electrons. The Labute approximate surface area is 101 Å². The third-order valence-corrected chi connectivity index (χ3v) is 3.04. The van der Waals surface area contributed by atoms with Gasteiger partial charge in [-0.3, -0.25) is 4.79 Å². The van der Waals surface area contributed by atoms with Crippen LogP contribution in [-0.4, -0.2) is 42.5 Å². The molecule has 2 N–H and O–H groups in total. The van der Waals surface area contributed by atoms with Crippen LogP contribution in [0.1, 0.15) is 12.0 Å². The largest absolute Gasteiger partial charge is 0.347 e. The molecule has 1 aromatic heterocycles. The summed E-state index contributed by atoms with van der Waals surface area (Å²) in [6, 6.07) is 3.86. The minimum atomic E-state index is 0.141. The van der Waals surface area contributed by atoms with Gasteiger partial charge in [-0.1, -0.05) is 0 Å². The van der Waals surface area contributed by atoms with Crippen molar-refractivity contribution in [3.8, 4) is 0 Å². The van der Waals surface area contributed by atoms with Crippen LogP contribution in [0.2, 0.25) is 0 Å². The Morgan fingerprint density at radius 2 is 2.29 bits per heavy atom. The lowest BCUT2D eigenvalue weighted by Crippen LogP contribution is -2.34. The Bertz CT molecular complexity index is 407. The molecule has 0 bridgehead atoms. The second kappa shape index (κ2) is 5.14. The van der Waals surface area contributed by atoms with Gasteiger partial charge in [0, 0.05) is 32.9 Å². The van der Waals surface area contributed by atoms with Crippen LogP contribution in [-0.2, 0) is 11.3 Å². The van der Waals surface area contributed by atoms with Crippen molar-refractivity contribution in [3.05, 3.63) is 23.9 Å². The molecule has 2 rings (SSSR count). The molecule has 0 aliphatic carbocycles. The van der Waals surface area contributed by atoms with Gasteiger partial charge in [-0.25, -0.2) is 4.98 Å². The maximum Gasteiger partial charge on any atom is 0.241 e. The van der Waals surface area contributed by atoms with Crippen LogP contribution < -0.4 is 10.6 Å². The Hall–Kier alpha value is -1.62. The third kappa shape index (κ3) is 2.74. The lowest BCUT2D eigenvalue weighted by Gasteiger charge is -2.21. The van der Waals surface area contributed by atoms with E-state index < -0.39 is 0 Å². The van der Waals surface area contributed by atoms with E-state index in [-0.39, 0.29) is 5.91 Å². The summed E-state index contributed by atoms with van der Waals surface area (Å²) in [7, 11) is 1.84. The fraction of sp³-hybridized carbons (Fsp3) is 0.500. The maximum atomic E-state index is 11.8. The van der Waals surface area contributed by atoms with Gasteiger partial charge >= 0.3 is 0 Å². The summed E-state index contributed by atoms with van der Waals surface area (Å²) in [6.45, 7) is 2.57. The van der Waals surface area contributed by atoms with Crippen molar-refractivity contribution in [1.82, 2.24) is 9.88 Å². The molecule has 0 saturated carbocycles. The fourth-order valence-electron chi connectivity index (χ4n) is 1.94. The molecule has 0 unspecified atom stereocenters.